The van der Waals surface area contributed by atoms with E-state index in [1.807, 2.05) is 12.4 Å². The van der Waals surface area contributed by atoms with E-state index in [1.54, 1.807) is 6.07 Å². The van der Waals surface area contributed by atoms with Crippen molar-refractivity contribution in [3.63, 3.8) is 0 Å². The summed E-state index contributed by atoms with van der Waals surface area (Å²) in [5.41, 5.74) is 0. The van der Waals surface area contributed by atoms with E-state index in [0.717, 1.165) is 30.6 Å². The Labute approximate surface area is 114 Å². The summed E-state index contributed by atoms with van der Waals surface area (Å²) in [5.74, 6) is 0. The van der Waals surface area contributed by atoms with E-state index in [1.165, 1.54) is 11.3 Å². The Kier molecular flexibility index (Phi) is 6.85. The average molecular weight is 290 g/mol. The highest BCUT2D eigenvalue weighted by molar-refractivity contribution is 7.89. The molecule has 0 spiro atoms. The second-order valence-corrected chi connectivity index (χ2v) is 6.93. The molecule has 1 rings (SSSR count). The first-order chi connectivity index (χ1) is 8.61. The average Bonchev–Trinajstić information content (AvgIpc) is 2.78. The third-order valence-electron chi connectivity index (χ3n) is 2.65. The minimum Gasteiger partial charge on any atom is -0.315 e. The molecule has 0 fully saturated rings. The topological polar surface area (TPSA) is 58.2 Å². The van der Waals surface area contributed by atoms with Gasteiger partial charge in [0.25, 0.3) is 0 Å². The zero-order chi connectivity index (χ0) is 13.4. The SMILES string of the molecule is CCCCCCNS(=O)(=O)c1ccsc1CNC. The number of rotatable bonds is 9. The third kappa shape index (κ3) is 4.68. The van der Waals surface area contributed by atoms with Crippen LogP contribution >= 0.6 is 11.3 Å². The Bertz CT molecular complexity index is 441. The minimum atomic E-state index is -3.34. The highest BCUT2D eigenvalue weighted by Crippen LogP contribution is 2.21. The van der Waals surface area contributed by atoms with Crippen molar-refractivity contribution in [1.29, 1.82) is 0 Å². The molecule has 2 N–H and O–H groups in total. The van der Waals surface area contributed by atoms with Gasteiger partial charge in [-0.15, -0.1) is 11.3 Å². The Hall–Kier alpha value is -0.430. The molecule has 1 heterocycles. The molecule has 0 aromatic carbocycles. The smallest absolute Gasteiger partial charge is 0.241 e. The van der Waals surface area contributed by atoms with Gasteiger partial charge >= 0.3 is 0 Å². The molecule has 0 aliphatic heterocycles. The lowest BCUT2D eigenvalue weighted by Gasteiger charge is -2.07. The van der Waals surface area contributed by atoms with Crippen molar-refractivity contribution in [3.8, 4) is 0 Å². The van der Waals surface area contributed by atoms with Gasteiger partial charge in [-0.2, -0.15) is 0 Å². The van der Waals surface area contributed by atoms with Crippen molar-refractivity contribution < 1.29 is 8.42 Å². The molecule has 0 saturated heterocycles. The Balaban J connectivity index is 2.54. The fraction of sp³-hybridized carbons (Fsp3) is 0.667. The molecule has 104 valence electrons. The maximum Gasteiger partial charge on any atom is 0.241 e. The van der Waals surface area contributed by atoms with E-state index < -0.39 is 10.0 Å². The fourth-order valence-corrected chi connectivity index (χ4v) is 4.22. The summed E-state index contributed by atoms with van der Waals surface area (Å²) in [7, 11) is -1.52. The molecule has 1 aromatic rings. The third-order valence-corrected chi connectivity index (χ3v) is 5.25. The van der Waals surface area contributed by atoms with E-state index in [9.17, 15) is 8.42 Å². The molecular weight excluding hydrogens is 268 g/mol. The molecule has 18 heavy (non-hydrogen) atoms. The molecule has 0 radical (unpaired) electrons. The van der Waals surface area contributed by atoms with E-state index >= 15 is 0 Å². The van der Waals surface area contributed by atoms with Crippen molar-refractivity contribution in [1.82, 2.24) is 10.0 Å². The van der Waals surface area contributed by atoms with Gasteiger partial charge < -0.3 is 5.32 Å². The van der Waals surface area contributed by atoms with Gasteiger partial charge in [0.2, 0.25) is 10.0 Å². The minimum absolute atomic E-state index is 0.414. The van der Waals surface area contributed by atoms with Crippen LogP contribution in [0.15, 0.2) is 16.3 Å². The van der Waals surface area contributed by atoms with Gasteiger partial charge in [0.1, 0.15) is 0 Å². The van der Waals surface area contributed by atoms with Crippen molar-refractivity contribution in [2.24, 2.45) is 0 Å². The molecule has 1 aromatic heterocycles. The number of nitrogens with one attached hydrogen (secondary N) is 2. The zero-order valence-corrected chi connectivity index (χ0v) is 12.7. The molecule has 0 aliphatic carbocycles. The molecule has 4 nitrogen and oxygen atoms in total. The van der Waals surface area contributed by atoms with Gasteiger partial charge in [0.05, 0.1) is 4.90 Å². The number of sulfonamides is 1. The van der Waals surface area contributed by atoms with Crippen molar-refractivity contribution in [2.45, 2.75) is 44.0 Å². The van der Waals surface area contributed by atoms with Crippen LogP contribution in [0.1, 0.15) is 37.5 Å². The molecule has 0 atom stereocenters. The Morgan fingerprint density at radius 1 is 1.28 bits per heavy atom. The number of hydrogen-bond acceptors (Lipinski definition) is 4. The molecule has 0 unspecified atom stereocenters. The van der Waals surface area contributed by atoms with Crippen LogP contribution in [-0.4, -0.2) is 22.0 Å². The van der Waals surface area contributed by atoms with Gasteiger partial charge in [0, 0.05) is 18.0 Å². The first-order valence-corrected chi connectivity index (χ1v) is 8.68. The summed E-state index contributed by atoms with van der Waals surface area (Å²) in [6, 6.07) is 1.67. The van der Waals surface area contributed by atoms with E-state index in [4.69, 9.17) is 0 Å². The molecule has 0 amide bonds. The van der Waals surface area contributed by atoms with Gasteiger partial charge in [-0.1, -0.05) is 26.2 Å². The normalized spacial score (nSPS) is 11.9. The lowest BCUT2D eigenvalue weighted by Crippen LogP contribution is -2.25. The summed E-state index contributed by atoms with van der Waals surface area (Å²) in [6.45, 7) is 3.25. The summed E-state index contributed by atoms with van der Waals surface area (Å²) in [4.78, 5) is 1.27. The number of unbranched alkanes of at least 4 members (excludes halogenated alkanes) is 3. The van der Waals surface area contributed by atoms with Gasteiger partial charge in [-0.25, -0.2) is 13.1 Å². The molecule has 0 aliphatic rings. The van der Waals surface area contributed by atoms with E-state index in [-0.39, 0.29) is 0 Å². The predicted octanol–water partition coefficient (Wildman–Crippen LogP) is 2.33. The second kappa shape index (κ2) is 7.89. The van der Waals surface area contributed by atoms with Gasteiger partial charge in [-0.05, 0) is 24.9 Å². The molecule has 0 saturated carbocycles. The van der Waals surface area contributed by atoms with E-state index in [0.29, 0.717) is 18.0 Å². The lowest BCUT2D eigenvalue weighted by molar-refractivity contribution is 0.572. The van der Waals surface area contributed by atoms with Crippen LogP contribution in [0.2, 0.25) is 0 Å². The van der Waals surface area contributed by atoms with Crippen molar-refractivity contribution in [2.75, 3.05) is 13.6 Å². The first-order valence-electron chi connectivity index (χ1n) is 6.32. The summed E-state index contributed by atoms with van der Waals surface area (Å²) in [5, 5.41) is 4.80. The number of hydrogen-bond donors (Lipinski definition) is 2. The highest BCUT2D eigenvalue weighted by Gasteiger charge is 2.18. The predicted molar refractivity (Wildman–Crippen MR) is 76.4 cm³/mol. The largest absolute Gasteiger partial charge is 0.315 e. The summed E-state index contributed by atoms with van der Waals surface area (Å²) in [6.07, 6.45) is 4.29. The monoisotopic (exact) mass is 290 g/mol. The van der Waals surface area contributed by atoms with Crippen LogP contribution in [0.3, 0.4) is 0 Å². The van der Waals surface area contributed by atoms with E-state index in [2.05, 4.69) is 17.0 Å². The van der Waals surface area contributed by atoms with Crippen LogP contribution < -0.4 is 10.0 Å². The summed E-state index contributed by atoms with van der Waals surface area (Å²) < 4.78 is 26.8. The fourth-order valence-electron chi connectivity index (χ4n) is 1.69. The lowest BCUT2D eigenvalue weighted by atomic mass is 10.2. The first kappa shape index (κ1) is 15.6. The van der Waals surface area contributed by atoms with Crippen LogP contribution in [0.4, 0.5) is 0 Å². The molecule has 0 bridgehead atoms. The summed E-state index contributed by atoms with van der Waals surface area (Å²) >= 11 is 1.47. The maximum absolute atomic E-state index is 12.1. The van der Waals surface area contributed by atoms with Crippen molar-refractivity contribution in [3.05, 3.63) is 16.3 Å². The van der Waals surface area contributed by atoms with Crippen LogP contribution in [0.25, 0.3) is 0 Å². The molecule has 6 heteroatoms. The van der Waals surface area contributed by atoms with Crippen LogP contribution in [0.5, 0.6) is 0 Å². The Morgan fingerprint density at radius 2 is 2.06 bits per heavy atom. The van der Waals surface area contributed by atoms with Gasteiger partial charge in [-0.3, -0.25) is 0 Å². The van der Waals surface area contributed by atoms with Crippen molar-refractivity contribution >= 4 is 21.4 Å². The maximum atomic E-state index is 12.1. The quantitative estimate of drug-likeness (QED) is 0.686. The number of thiophene rings is 1. The second-order valence-electron chi connectivity index (χ2n) is 4.20. The highest BCUT2D eigenvalue weighted by atomic mass is 32.2. The van der Waals surface area contributed by atoms with Crippen LogP contribution in [-0.2, 0) is 16.6 Å². The Morgan fingerprint density at radius 3 is 2.72 bits per heavy atom. The van der Waals surface area contributed by atoms with Crippen LogP contribution in [0, 0.1) is 0 Å². The standard InChI is InChI=1S/C12H22N2O2S2/c1-3-4-5-6-8-14-18(15,16)12-7-9-17-11(12)10-13-2/h7,9,13-14H,3-6,8,10H2,1-2H3. The van der Waals surface area contributed by atoms with Gasteiger partial charge in [0.15, 0.2) is 0 Å². The molecular formula is C12H22N2O2S2. The zero-order valence-electron chi connectivity index (χ0n) is 11.0.